The molecule has 3 rings (SSSR count). The summed E-state index contributed by atoms with van der Waals surface area (Å²) in [5, 5.41) is 13.1. The van der Waals surface area contributed by atoms with Crippen LogP contribution in [-0.2, 0) is 13.2 Å². The van der Waals surface area contributed by atoms with Crippen LogP contribution in [0, 0.1) is 6.92 Å². The van der Waals surface area contributed by atoms with E-state index in [4.69, 9.17) is 21.4 Å². The van der Waals surface area contributed by atoms with E-state index >= 15 is 0 Å². The van der Waals surface area contributed by atoms with Gasteiger partial charge in [0, 0.05) is 22.8 Å². The van der Waals surface area contributed by atoms with E-state index in [0.717, 1.165) is 28.1 Å². The van der Waals surface area contributed by atoms with Crippen molar-refractivity contribution >= 4 is 23.3 Å². The van der Waals surface area contributed by atoms with E-state index < -0.39 is 5.97 Å². The van der Waals surface area contributed by atoms with Gasteiger partial charge in [-0.2, -0.15) is 0 Å². The van der Waals surface area contributed by atoms with Crippen LogP contribution in [0.25, 0.3) is 0 Å². The van der Waals surface area contributed by atoms with Crippen LogP contribution in [0.1, 0.15) is 27.0 Å². The minimum absolute atomic E-state index is 0.264. The summed E-state index contributed by atoms with van der Waals surface area (Å²) in [7, 11) is 0. The first-order valence-electron chi connectivity index (χ1n) is 8.56. The number of halogens is 1. The third-order valence-corrected chi connectivity index (χ3v) is 4.59. The third kappa shape index (κ3) is 5.02. The molecule has 0 aliphatic rings. The number of aryl methyl sites for hydroxylation is 1. The molecule has 0 spiro atoms. The molecule has 2 N–H and O–H groups in total. The van der Waals surface area contributed by atoms with E-state index in [1.54, 1.807) is 18.2 Å². The van der Waals surface area contributed by atoms with Crippen molar-refractivity contribution in [2.75, 3.05) is 5.32 Å². The number of carboxylic acid groups (broad SMARTS) is 1. The maximum absolute atomic E-state index is 11.1. The molecule has 4 nitrogen and oxygen atoms in total. The zero-order valence-electron chi connectivity index (χ0n) is 14.9. The average molecular weight is 382 g/mol. The lowest BCUT2D eigenvalue weighted by Crippen LogP contribution is -2.04. The number of ether oxygens (including phenoxy) is 1. The highest BCUT2D eigenvalue weighted by Gasteiger charge is 2.07. The second-order valence-corrected chi connectivity index (χ2v) is 6.62. The number of benzene rings is 3. The molecule has 0 saturated carbocycles. The predicted molar refractivity (Wildman–Crippen MR) is 108 cm³/mol. The number of carbonyl (C=O) groups is 1. The molecule has 0 fully saturated rings. The molecule has 0 unspecified atom stereocenters. The standard InChI is InChI=1S/C22H20ClNO3/c1-15-9-10-17(22(25)26)12-21(15)24-13-16-5-4-7-19(11-16)27-14-18-6-2-3-8-20(18)23/h2-12,24H,13-14H2,1H3,(H,25,26). The molecule has 27 heavy (non-hydrogen) atoms. The van der Waals surface area contributed by atoms with Crippen LogP contribution in [0.2, 0.25) is 5.02 Å². The fourth-order valence-corrected chi connectivity index (χ4v) is 2.85. The zero-order valence-corrected chi connectivity index (χ0v) is 15.7. The van der Waals surface area contributed by atoms with Crippen molar-refractivity contribution in [1.29, 1.82) is 0 Å². The average Bonchev–Trinajstić information content (AvgIpc) is 2.67. The van der Waals surface area contributed by atoms with Crippen molar-refractivity contribution < 1.29 is 14.6 Å². The lowest BCUT2D eigenvalue weighted by Gasteiger charge is -2.12. The number of anilines is 1. The van der Waals surface area contributed by atoms with Crippen LogP contribution in [0.3, 0.4) is 0 Å². The van der Waals surface area contributed by atoms with Crippen molar-refractivity contribution in [2.24, 2.45) is 0 Å². The van der Waals surface area contributed by atoms with Crippen molar-refractivity contribution in [3.63, 3.8) is 0 Å². The first-order chi connectivity index (χ1) is 13.0. The van der Waals surface area contributed by atoms with Gasteiger partial charge in [0.2, 0.25) is 0 Å². The van der Waals surface area contributed by atoms with Gasteiger partial charge in [-0.1, -0.05) is 48.0 Å². The normalized spacial score (nSPS) is 10.4. The van der Waals surface area contributed by atoms with Crippen molar-refractivity contribution in [1.82, 2.24) is 0 Å². The highest BCUT2D eigenvalue weighted by molar-refractivity contribution is 6.31. The Kier molecular flexibility index (Phi) is 5.99. The second kappa shape index (κ2) is 8.60. The molecule has 3 aromatic rings. The maximum Gasteiger partial charge on any atom is 0.335 e. The Bertz CT molecular complexity index is 956. The molecule has 138 valence electrons. The number of rotatable bonds is 7. The molecular formula is C22H20ClNO3. The van der Waals surface area contributed by atoms with Gasteiger partial charge in [0.25, 0.3) is 0 Å². The molecule has 0 heterocycles. The highest BCUT2D eigenvalue weighted by Crippen LogP contribution is 2.21. The molecule has 0 bridgehead atoms. The summed E-state index contributed by atoms with van der Waals surface area (Å²) in [6.07, 6.45) is 0. The molecular weight excluding hydrogens is 362 g/mol. The molecule has 0 aliphatic heterocycles. The number of aromatic carboxylic acids is 1. The molecule has 0 radical (unpaired) electrons. The molecule has 0 amide bonds. The molecule has 0 saturated heterocycles. The van der Waals surface area contributed by atoms with E-state index in [1.807, 2.05) is 55.5 Å². The zero-order chi connectivity index (χ0) is 19.2. The van der Waals surface area contributed by atoms with Crippen molar-refractivity contribution in [3.8, 4) is 5.75 Å². The predicted octanol–water partition coefficient (Wildman–Crippen LogP) is 5.54. The van der Waals surface area contributed by atoms with Gasteiger partial charge in [-0.05, 0) is 48.4 Å². The summed E-state index contributed by atoms with van der Waals surface area (Å²) in [4.78, 5) is 11.1. The minimum Gasteiger partial charge on any atom is -0.489 e. The first-order valence-corrected chi connectivity index (χ1v) is 8.93. The van der Waals surface area contributed by atoms with Crippen LogP contribution in [0.4, 0.5) is 5.69 Å². The second-order valence-electron chi connectivity index (χ2n) is 6.22. The fraction of sp³-hybridized carbons (Fsp3) is 0.136. The smallest absolute Gasteiger partial charge is 0.335 e. The Morgan fingerprint density at radius 2 is 1.89 bits per heavy atom. The molecule has 0 aromatic heterocycles. The van der Waals surface area contributed by atoms with E-state index in [1.165, 1.54) is 0 Å². The van der Waals surface area contributed by atoms with Gasteiger partial charge >= 0.3 is 5.97 Å². The van der Waals surface area contributed by atoms with Crippen molar-refractivity contribution in [2.45, 2.75) is 20.1 Å². The quantitative estimate of drug-likeness (QED) is 0.564. The third-order valence-electron chi connectivity index (χ3n) is 4.22. The lowest BCUT2D eigenvalue weighted by atomic mass is 10.1. The number of hydrogen-bond donors (Lipinski definition) is 2. The number of hydrogen-bond acceptors (Lipinski definition) is 3. The highest BCUT2D eigenvalue weighted by atomic mass is 35.5. The van der Waals surface area contributed by atoms with Crippen LogP contribution in [-0.4, -0.2) is 11.1 Å². The van der Waals surface area contributed by atoms with Crippen LogP contribution in [0.5, 0.6) is 5.75 Å². The largest absolute Gasteiger partial charge is 0.489 e. The van der Waals surface area contributed by atoms with Gasteiger partial charge in [0.1, 0.15) is 12.4 Å². The van der Waals surface area contributed by atoms with Crippen LogP contribution >= 0.6 is 11.6 Å². The topological polar surface area (TPSA) is 58.6 Å². The van der Waals surface area contributed by atoms with Gasteiger partial charge in [-0.15, -0.1) is 0 Å². The number of nitrogens with one attached hydrogen (secondary N) is 1. The van der Waals surface area contributed by atoms with Crippen LogP contribution < -0.4 is 10.1 Å². The van der Waals surface area contributed by atoms with Gasteiger partial charge in [0.05, 0.1) is 5.56 Å². The molecule has 3 aromatic carbocycles. The van der Waals surface area contributed by atoms with E-state index in [-0.39, 0.29) is 5.56 Å². The Labute approximate surface area is 163 Å². The summed E-state index contributed by atoms with van der Waals surface area (Å²) in [6.45, 7) is 2.90. The Balaban J connectivity index is 1.65. The summed E-state index contributed by atoms with van der Waals surface area (Å²) >= 11 is 6.16. The first kappa shape index (κ1) is 18.8. The molecule has 5 heteroatoms. The van der Waals surface area contributed by atoms with Gasteiger partial charge < -0.3 is 15.2 Å². The fourth-order valence-electron chi connectivity index (χ4n) is 2.66. The molecule has 0 atom stereocenters. The molecule has 0 aliphatic carbocycles. The van der Waals surface area contributed by atoms with Gasteiger partial charge in [0.15, 0.2) is 0 Å². The SMILES string of the molecule is Cc1ccc(C(=O)O)cc1NCc1cccc(OCc2ccccc2Cl)c1. The van der Waals surface area contributed by atoms with Crippen molar-refractivity contribution in [3.05, 3.63) is 94.0 Å². The Morgan fingerprint density at radius 3 is 2.67 bits per heavy atom. The minimum atomic E-state index is -0.937. The Hall–Kier alpha value is -2.98. The summed E-state index contributed by atoms with van der Waals surface area (Å²) in [5.74, 6) is -0.182. The number of carboxylic acids is 1. The van der Waals surface area contributed by atoms with E-state index in [9.17, 15) is 4.79 Å². The van der Waals surface area contributed by atoms with Gasteiger partial charge in [-0.25, -0.2) is 4.79 Å². The monoisotopic (exact) mass is 381 g/mol. The van der Waals surface area contributed by atoms with E-state index in [2.05, 4.69) is 5.32 Å². The Morgan fingerprint density at radius 1 is 1.07 bits per heavy atom. The lowest BCUT2D eigenvalue weighted by molar-refractivity contribution is 0.0697. The maximum atomic E-state index is 11.1. The summed E-state index contributed by atoms with van der Waals surface area (Å²) in [6, 6.07) is 20.4. The van der Waals surface area contributed by atoms with E-state index in [0.29, 0.717) is 18.2 Å². The van der Waals surface area contributed by atoms with Crippen LogP contribution in [0.15, 0.2) is 66.7 Å². The van der Waals surface area contributed by atoms with Gasteiger partial charge in [-0.3, -0.25) is 0 Å². The summed E-state index contributed by atoms with van der Waals surface area (Å²) < 4.78 is 5.85. The summed E-state index contributed by atoms with van der Waals surface area (Å²) in [5.41, 5.74) is 4.03.